The third kappa shape index (κ3) is 4.85. The van der Waals surface area contributed by atoms with Crippen LogP contribution in [0.5, 0.6) is 0 Å². The summed E-state index contributed by atoms with van der Waals surface area (Å²) < 4.78 is 27.3. The lowest BCUT2D eigenvalue weighted by Crippen LogP contribution is -2.37. The quantitative estimate of drug-likeness (QED) is 0.407. The lowest BCUT2D eigenvalue weighted by Gasteiger charge is -2.29. The lowest BCUT2D eigenvalue weighted by molar-refractivity contribution is -0.384. The van der Waals surface area contributed by atoms with Gasteiger partial charge in [-0.15, -0.1) is 0 Å². The molecule has 0 aromatic heterocycles. The first-order valence-corrected chi connectivity index (χ1v) is 11.2. The lowest BCUT2D eigenvalue weighted by atomic mass is 10.0. The van der Waals surface area contributed by atoms with Gasteiger partial charge in [-0.3, -0.25) is 14.9 Å². The molecule has 0 aliphatic carbocycles. The van der Waals surface area contributed by atoms with Gasteiger partial charge in [0.15, 0.2) is 5.78 Å². The number of sulfonamides is 1. The van der Waals surface area contributed by atoms with Gasteiger partial charge in [0.1, 0.15) is 0 Å². The molecule has 30 heavy (non-hydrogen) atoms. The van der Waals surface area contributed by atoms with Gasteiger partial charge in [0.25, 0.3) is 5.69 Å². The van der Waals surface area contributed by atoms with E-state index in [-0.39, 0.29) is 28.5 Å². The van der Waals surface area contributed by atoms with Crippen LogP contribution in [-0.4, -0.2) is 43.1 Å². The van der Waals surface area contributed by atoms with Crippen LogP contribution in [0.2, 0.25) is 0 Å². The summed E-state index contributed by atoms with van der Waals surface area (Å²) in [7, 11) is -3.64. The summed E-state index contributed by atoms with van der Waals surface area (Å²) in [4.78, 5) is 23.2. The van der Waals surface area contributed by atoms with Crippen molar-refractivity contribution in [2.24, 2.45) is 5.92 Å². The maximum absolute atomic E-state index is 12.9. The minimum absolute atomic E-state index is 0.0699. The number of anilines is 1. The third-order valence-electron chi connectivity index (χ3n) is 5.41. The number of non-ortho nitro benzene ring substituents is 1. The summed E-state index contributed by atoms with van der Waals surface area (Å²) >= 11 is 0. The molecule has 0 unspecified atom stereocenters. The maximum Gasteiger partial charge on any atom is 0.271 e. The molecular formula is C21H25N3O5S. The molecule has 1 heterocycles. The Hall–Kier alpha value is -2.78. The standard InChI is InChI=1S/C21H25N3O5S/c1-15-8-10-23(11-9-15)30(28,29)19-5-3-4-17(12-19)21(25)14-22-20-13-18(24(26)27)7-6-16(20)2/h3-7,12-13,15,22H,8-11,14H2,1-2H3. The number of carbonyl (C=O) groups excluding carboxylic acids is 1. The van der Waals surface area contributed by atoms with E-state index in [1.807, 2.05) is 0 Å². The van der Waals surface area contributed by atoms with Gasteiger partial charge in [0, 0.05) is 36.5 Å². The minimum atomic E-state index is -3.64. The van der Waals surface area contributed by atoms with Crippen molar-refractivity contribution in [1.29, 1.82) is 0 Å². The number of rotatable bonds is 7. The van der Waals surface area contributed by atoms with E-state index in [2.05, 4.69) is 12.2 Å². The van der Waals surface area contributed by atoms with Gasteiger partial charge < -0.3 is 5.32 Å². The number of aryl methyl sites for hydroxylation is 1. The Morgan fingerprint density at radius 2 is 1.90 bits per heavy atom. The van der Waals surface area contributed by atoms with Crippen molar-refractivity contribution in [3.8, 4) is 0 Å². The summed E-state index contributed by atoms with van der Waals surface area (Å²) in [6.45, 7) is 4.75. The molecule has 3 rings (SSSR count). The van der Waals surface area contributed by atoms with Crippen LogP contribution in [0, 0.1) is 23.0 Å². The van der Waals surface area contributed by atoms with Crippen LogP contribution >= 0.6 is 0 Å². The highest BCUT2D eigenvalue weighted by Crippen LogP contribution is 2.25. The number of hydrogen-bond donors (Lipinski definition) is 1. The molecule has 0 saturated carbocycles. The van der Waals surface area contributed by atoms with Crippen molar-refractivity contribution in [1.82, 2.24) is 4.31 Å². The number of Topliss-reactive ketones (excluding diaryl/α,β-unsaturated/α-hetero) is 1. The van der Waals surface area contributed by atoms with Crippen LogP contribution in [0.15, 0.2) is 47.4 Å². The van der Waals surface area contributed by atoms with Gasteiger partial charge >= 0.3 is 0 Å². The number of carbonyl (C=O) groups is 1. The number of hydrogen-bond acceptors (Lipinski definition) is 6. The Kier molecular flexibility index (Phi) is 6.52. The Morgan fingerprint density at radius 3 is 2.57 bits per heavy atom. The minimum Gasteiger partial charge on any atom is -0.377 e. The number of nitro benzene ring substituents is 1. The predicted molar refractivity (Wildman–Crippen MR) is 114 cm³/mol. The molecule has 160 valence electrons. The van der Waals surface area contributed by atoms with Gasteiger partial charge in [0.05, 0.1) is 16.4 Å². The van der Waals surface area contributed by atoms with Gasteiger partial charge in [-0.2, -0.15) is 4.31 Å². The second-order valence-electron chi connectivity index (χ2n) is 7.65. The fourth-order valence-electron chi connectivity index (χ4n) is 3.40. The number of nitro groups is 1. The van der Waals surface area contributed by atoms with Gasteiger partial charge in [-0.05, 0) is 43.4 Å². The third-order valence-corrected chi connectivity index (χ3v) is 7.30. The topological polar surface area (TPSA) is 110 Å². The van der Waals surface area contributed by atoms with Crippen LogP contribution in [0.4, 0.5) is 11.4 Å². The summed E-state index contributed by atoms with van der Waals surface area (Å²) in [5.74, 6) is 0.206. The SMILES string of the molecule is Cc1ccc([N+](=O)[O-])cc1NCC(=O)c1cccc(S(=O)(=O)N2CCC(C)CC2)c1. The molecule has 1 aliphatic rings. The molecule has 1 saturated heterocycles. The molecule has 1 aliphatic heterocycles. The van der Waals surface area contributed by atoms with Crippen molar-refractivity contribution < 1.29 is 18.1 Å². The highest BCUT2D eigenvalue weighted by molar-refractivity contribution is 7.89. The van der Waals surface area contributed by atoms with Crippen LogP contribution < -0.4 is 5.32 Å². The number of nitrogens with zero attached hydrogens (tertiary/aromatic N) is 2. The maximum atomic E-state index is 12.9. The predicted octanol–water partition coefficient (Wildman–Crippen LogP) is 3.62. The summed E-state index contributed by atoms with van der Waals surface area (Å²) in [6.07, 6.45) is 1.65. The molecule has 0 bridgehead atoms. The highest BCUT2D eigenvalue weighted by Gasteiger charge is 2.28. The normalized spacial score (nSPS) is 15.7. The second kappa shape index (κ2) is 8.93. The first kappa shape index (κ1) is 21.9. The largest absolute Gasteiger partial charge is 0.377 e. The van der Waals surface area contributed by atoms with E-state index >= 15 is 0 Å². The molecule has 0 spiro atoms. The zero-order valence-corrected chi connectivity index (χ0v) is 17.8. The summed E-state index contributed by atoms with van der Waals surface area (Å²) in [5.41, 5.74) is 1.46. The molecular weight excluding hydrogens is 406 g/mol. The van der Waals surface area contributed by atoms with Gasteiger partial charge in [-0.25, -0.2) is 8.42 Å². The molecule has 1 fully saturated rings. The molecule has 2 aromatic carbocycles. The number of piperidine rings is 1. The Morgan fingerprint density at radius 1 is 1.20 bits per heavy atom. The van der Waals surface area contributed by atoms with E-state index < -0.39 is 14.9 Å². The molecule has 1 N–H and O–H groups in total. The van der Waals surface area contributed by atoms with E-state index in [4.69, 9.17) is 0 Å². The van der Waals surface area contributed by atoms with Crippen molar-refractivity contribution in [2.45, 2.75) is 31.6 Å². The fourth-order valence-corrected chi connectivity index (χ4v) is 4.91. The molecule has 0 radical (unpaired) electrons. The average molecular weight is 432 g/mol. The summed E-state index contributed by atoms with van der Waals surface area (Å²) in [6, 6.07) is 10.4. The second-order valence-corrected chi connectivity index (χ2v) is 9.59. The van der Waals surface area contributed by atoms with E-state index in [1.165, 1.54) is 28.6 Å². The molecule has 0 atom stereocenters. The van der Waals surface area contributed by atoms with Crippen LogP contribution in [-0.2, 0) is 10.0 Å². The van der Waals surface area contributed by atoms with Gasteiger partial charge in [0.2, 0.25) is 10.0 Å². The molecule has 8 nitrogen and oxygen atoms in total. The van der Waals surface area contributed by atoms with E-state index in [0.717, 1.165) is 18.4 Å². The fraction of sp³-hybridized carbons (Fsp3) is 0.381. The smallest absolute Gasteiger partial charge is 0.271 e. The zero-order chi connectivity index (χ0) is 21.9. The van der Waals surface area contributed by atoms with E-state index in [9.17, 15) is 23.3 Å². The first-order chi connectivity index (χ1) is 14.2. The summed E-state index contributed by atoms with van der Waals surface area (Å²) in [5, 5.41) is 13.9. The average Bonchev–Trinajstić information content (AvgIpc) is 2.73. The van der Waals surface area contributed by atoms with Crippen molar-refractivity contribution in [3.05, 3.63) is 63.7 Å². The monoisotopic (exact) mass is 431 g/mol. The number of benzene rings is 2. The van der Waals surface area contributed by atoms with Crippen molar-refractivity contribution in [2.75, 3.05) is 25.0 Å². The number of ketones is 1. The van der Waals surface area contributed by atoms with E-state index in [1.54, 1.807) is 25.1 Å². The Bertz CT molecular complexity index is 1060. The molecule has 9 heteroatoms. The zero-order valence-electron chi connectivity index (χ0n) is 17.0. The van der Waals surface area contributed by atoms with E-state index in [0.29, 0.717) is 24.7 Å². The van der Waals surface area contributed by atoms with Crippen LogP contribution in [0.1, 0.15) is 35.7 Å². The molecule has 2 aromatic rings. The van der Waals surface area contributed by atoms with Crippen LogP contribution in [0.25, 0.3) is 0 Å². The molecule has 0 amide bonds. The number of nitrogens with one attached hydrogen (secondary N) is 1. The van der Waals surface area contributed by atoms with Crippen molar-refractivity contribution in [3.63, 3.8) is 0 Å². The Labute approximate surface area is 176 Å². The van der Waals surface area contributed by atoms with Crippen LogP contribution in [0.3, 0.4) is 0 Å². The highest BCUT2D eigenvalue weighted by atomic mass is 32.2. The van der Waals surface area contributed by atoms with Crippen molar-refractivity contribution >= 4 is 27.2 Å². The van der Waals surface area contributed by atoms with Gasteiger partial charge in [-0.1, -0.05) is 25.1 Å². The Balaban J connectivity index is 1.74. The first-order valence-electron chi connectivity index (χ1n) is 9.81.